The van der Waals surface area contributed by atoms with Crippen LogP contribution in [0.25, 0.3) is 10.9 Å². The third-order valence-electron chi connectivity index (χ3n) is 5.53. The molecule has 2 heterocycles. The molecule has 0 saturated heterocycles. The first-order chi connectivity index (χ1) is 14.0. The summed E-state index contributed by atoms with van der Waals surface area (Å²) in [7, 11) is 1.84. The van der Waals surface area contributed by atoms with Gasteiger partial charge in [0, 0.05) is 42.3 Å². The Balaban J connectivity index is 1.82. The van der Waals surface area contributed by atoms with E-state index in [1.165, 1.54) is 0 Å². The van der Waals surface area contributed by atoms with Crippen molar-refractivity contribution in [1.82, 2.24) is 19.8 Å². The highest BCUT2D eigenvalue weighted by Crippen LogP contribution is 2.31. The number of benzene rings is 2. The molecule has 0 radical (unpaired) electrons. The van der Waals surface area contributed by atoms with Gasteiger partial charge in [0.15, 0.2) is 0 Å². The van der Waals surface area contributed by atoms with Crippen molar-refractivity contribution >= 4 is 22.7 Å². The molecule has 0 saturated carbocycles. The molecule has 7 heteroatoms. The molecule has 0 atom stereocenters. The first-order valence-corrected chi connectivity index (χ1v) is 9.64. The van der Waals surface area contributed by atoms with Crippen molar-refractivity contribution in [3.05, 3.63) is 70.9 Å². The molecule has 0 unspecified atom stereocenters. The van der Waals surface area contributed by atoms with Crippen molar-refractivity contribution in [2.75, 3.05) is 20.3 Å². The molecule has 2 aromatic carbocycles. The van der Waals surface area contributed by atoms with Crippen molar-refractivity contribution in [3.8, 4) is 0 Å². The fraction of sp³-hybridized carbons (Fsp3) is 0.273. The number of para-hydroxylation sites is 1. The SMILES string of the molecule is CCN1Cc2c(c3ccccc3n2Cc2ccc(C(=O)NO)cc2)C(=O)N(C)C1. The maximum atomic E-state index is 13.1. The van der Waals surface area contributed by atoms with Gasteiger partial charge < -0.3 is 9.47 Å². The van der Waals surface area contributed by atoms with Crippen LogP contribution in [0.2, 0.25) is 0 Å². The van der Waals surface area contributed by atoms with E-state index < -0.39 is 5.91 Å². The summed E-state index contributed by atoms with van der Waals surface area (Å²) >= 11 is 0. The van der Waals surface area contributed by atoms with Crippen LogP contribution in [-0.4, -0.2) is 51.6 Å². The molecular weight excluding hydrogens is 368 g/mol. The van der Waals surface area contributed by atoms with Crippen LogP contribution in [0, 0.1) is 0 Å². The van der Waals surface area contributed by atoms with Gasteiger partial charge in [0.25, 0.3) is 11.8 Å². The van der Waals surface area contributed by atoms with Gasteiger partial charge in [-0.05, 0) is 30.3 Å². The molecular formula is C22H24N4O3. The Morgan fingerprint density at radius 1 is 1.14 bits per heavy atom. The number of hydrogen-bond acceptors (Lipinski definition) is 4. The molecule has 0 aliphatic carbocycles. The van der Waals surface area contributed by atoms with Crippen LogP contribution in [0.3, 0.4) is 0 Å². The van der Waals surface area contributed by atoms with Gasteiger partial charge in [-0.3, -0.25) is 19.7 Å². The third kappa shape index (κ3) is 3.39. The molecule has 7 nitrogen and oxygen atoms in total. The van der Waals surface area contributed by atoms with Gasteiger partial charge in [-0.25, -0.2) is 5.48 Å². The molecule has 150 valence electrons. The maximum Gasteiger partial charge on any atom is 0.274 e. The van der Waals surface area contributed by atoms with Gasteiger partial charge in [0.05, 0.1) is 12.2 Å². The Morgan fingerprint density at radius 3 is 2.55 bits per heavy atom. The lowest BCUT2D eigenvalue weighted by molar-refractivity contribution is 0.0703. The second kappa shape index (κ2) is 7.69. The van der Waals surface area contributed by atoms with Crippen LogP contribution in [0.5, 0.6) is 0 Å². The van der Waals surface area contributed by atoms with Crippen molar-refractivity contribution in [3.63, 3.8) is 0 Å². The number of carbonyl (C=O) groups is 2. The molecule has 3 aromatic rings. The van der Waals surface area contributed by atoms with Crippen LogP contribution < -0.4 is 5.48 Å². The Bertz CT molecular complexity index is 1070. The fourth-order valence-corrected chi connectivity index (χ4v) is 3.98. The van der Waals surface area contributed by atoms with Gasteiger partial charge >= 0.3 is 0 Å². The van der Waals surface area contributed by atoms with E-state index in [1.807, 2.05) is 43.4 Å². The normalized spacial score (nSPS) is 14.7. The zero-order valence-corrected chi connectivity index (χ0v) is 16.6. The molecule has 1 aliphatic rings. The summed E-state index contributed by atoms with van der Waals surface area (Å²) in [6, 6.07) is 15.1. The van der Waals surface area contributed by atoms with E-state index in [9.17, 15) is 9.59 Å². The summed E-state index contributed by atoms with van der Waals surface area (Å²) in [5.74, 6) is -0.495. The van der Waals surface area contributed by atoms with Gasteiger partial charge in [0.1, 0.15) is 0 Å². The van der Waals surface area contributed by atoms with E-state index in [0.29, 0.717) is 25.3 Å². The molecule has 4 rings (SSSR count). The van der Waals surface area contributed by atoms with Gasteiger partial charge in [-0.15, -0.1) is 0 Å². The topological polar surface area (TPSA) is 77.8 Å². The number of amides is 2. The van der Waals surface area contributed by atoms with E-state index in [4.69, 9.17) is 5.21 Å². The minimum atomic E-state index is -0.538. The van der Waals surface area contributed by atoms with Crippen LogP contribution in [0.1, 0.15) is 38.9 Å². The van der Waals surface area contributed by atoms with Crippen molar-refractivity contribution in [2.45, 2.75) is 20.0 Å². The lowest BCUT2D eigenvalue weighted by Gasteiger charge is -2.23. The van der Waals surface area contributed by atoms with Crippen molar-refractivity contribution in [2.24, 2.45) is 0 Å². The van der Waals surface area contributed by atoms with Crippen molar-refractivity contribution in [1.29, 1.82) is 0 Å². The van der Waals surface area contributed by atoms with Crippen LogP contribution >= 0.6 is 0 Å². The molecule has 29 heavy (non-hydrogen) atoms. The molecule has 1 aromatic heterocycles. The summed E-state index contributed by atoms with van der Waals surface area (Å²) in [4.78, 5) is 28.7. The Morgan fingerprint density at radius 2 is 1.86 bits per heavy atom. The summed E-state index contributed by atoms with van der Waals surface area (Å²) in [6.07, 6.45) is 0. The van der Waals surface area contributed by atoms with E-state index >= 15 is 0 Å². The lowest BCUT2D eigenvalue weighted by Crippen LogP contribution is -2.35. The van der Waals surface area contributed by atoms with E-state index in [1.54, 1.807) is 22.5 Å². The molecule has 0 fully saturated rings. The van der Waals surface area contributed by atoms with Crippen LogP contribution in [0.4, 0.5) is 0 Å². The fourth-order valence-electron chi connectivity index (χ4n) is 3.98. The monoisotopic (exact) mass is 392 g/mol. The van der Waals surface area contributed by atoms with Gasteiger partial charge in [0.2, 0.25) is 0 Å². The van der Waals surface area contributed by atoms with E-state index in [0.717, 1.165) is 34.3 Å². The Hall–Kier alpha value is -3.16. The number of nitrogens with zero attached hydrogens (tertiary/aromatic N) is 3. The average molecular weight is 392 g/mol. The average Bonchev–Trinajstić information content (AvgIpc) is 2.98. The highest BCUT2D eigenvalue weighted by Gasteiger charge is 2.29. The number of hydroxylamine groups is 1. The molecule has 0 spiro atoms. The zero-order valence-electron chi connectivity index (χ0n) is 16.6. The number of nitrogens with one attached hydrogen (secondary N) is 1. The largest absolute Gasteiger partial charge is 0.338 e. The minimum absolute atomic E-state index is 0.0425. The predicted octanol–water partition coefficient (Wildman–Crippen LogP) is 2.67. The van der Waals surface area contributed by atoms with Crippen LogP contribution in [-0.2, 0) is 13.1 Å². The molecule has 0 bridgehead atoms. The standard InChI is InChI=1S/C22H24N4O3/c1-3-25-13-19-20(22(28)24(2)14-25)17-6-4-5-7-18(17)26(19)12-15-8-10-16(11-9-15)21(27)23-29/h4-11,29H,3,12-14H2,1-2H3,(H,23,27). The highest BCUT2D eigenvalue weighted by molar-refractivity contribution is 6.08. The third-order valence-corrected chi connectivity index (χ3v) is 5.53. The minimum Gasteiger partial charge on any atom is -0.338 e. The second-order valence-electron chi connectivity index (χ2n) is 7.35. The molecule has 1 aliphatic heterocycles. The summed E-state index contributed by atoms with van der Waals surface area (Å²) < 4.78 is 2.20. The number of rotatable bonds is 4. The first-order valence-electron chi connectivity index (χ1n) is 9.64. The van der Waals surface area contributed by atoms with Gasteiger partial charge in [-0.2, -0.15) is 0 Å². The smallest absolute Gasteiger partial charge is 0.274 e. The quantitative estimate of drug-likeness (QED) is 0.529. The number of aromatic nitrogens is 1. The summed E-state index contributed by atoms with van der Waals surface area (Å²) in [5.41, 5.74) is 5.86. The van der Waals surface area contributed by atoms with E-state index in [-0.39, 0.29) is 5.91 Å². The maximum absolute atomic E-state index is 13.1. The van der Waals surface area contributed by atoms with Gasteiger partial charge in [-0.1, -0.05) is 37.3 Å². The molecule has 2 N–H and O–H groups in total. The molecule has 2 amide bonds. The Kier molecular flexibility index (Phi) is 5.08. The second-order valence-corrected chi connectivity index (χ2v) is 7.35. The highest BCUT2D eigenvalue weighted by atomic mass is 16.5. The number of carbonyl (C=O) groups excluding carboxylic acids is 2. The summed E-state index contributed by atoms with van der Waals surface area (Å²) in [5, 5.41) is 9.76. The number of hydrogen-bond donors (Lipinski definition) is 2. The van der Waals surface area contributed by atoms with Crippen LogP contribution in [0.15, 0.2) is 48.5 Å². The number of fused-ring (bicyclic) bond motifs is 3. The summed E-state index contributed by atoms with van der Waals surface area (Å²) in [6.45, 7) is 4.83. The predicted molar refractivity (Wildman–Crippen MR) is 110 cm³/mol. The first kappa shape index (κ1) is 19.2. The van der Waals surface area contributed by atoms with E-state index in [2.05, 4.69) is 16.4 Å². The zero-order chi connectivity index (χ0) is 20.5. The lowest BCUT2D eigenvalue weighted by atomic mass is 10.1. The van der Waals surface area contributed by atoms with Crippen molar-refractivity contribution < 1.29 is 14.8 Å². The Labute approximate surface area is 169 Å².